The van der Waals surface area contributed by atoms with Crippen LogP contribution in [0.5, 0.6) is 0 Å². The molecule has 2 N–H and O–H groups in total. The van der Waals surface area contributed by atoms with E-state index in [2.05, 4.69) is 17.6 Å². The molecule has 7 heteroatoms. The molecule has 0 spiro atoms. The lowest BCUT2D eigenvalue weighted by molar-refractivity contribution is 0.00699. The van der Waals surface area contributed by atoms with Gasteiger partial charge in [0.15, 0.2) is 0 Å². The van der Waals surface area contributed by atoms with Crippen molar-refractivity contribution in [1.82, 2.24) is 5.32 Å². The first kappa shape index (κ1) is 22.3. The highest BCUT2D eigenvalue weighted by Crippen LogP contribution is 2.39. The largest absolute Gasteiger partial charge is 0.456 e. The van der Waals surface area contributed by atoms with Gasteiger partial charge in [0.05, 0.1) is 5.56 Å². The standard InChI is InChI=1S/C24H32N2O3S2/c1-14-17(15-9-5-7-11-18(15)30-14)13-25-23(28)26-21-20(22(27)29-24(2,3)4)16-10-6-8-12-19(16)31-21/h5-13H2,1-4H3,(H2,25,26,28). The summed E-state index contributed by atoms with van der Waals surface area (Å²) in [5.41, 5.74) is 3.75. The third-order valence-electron chi connectivity index (χ3n) is 5.91. The number of hydrogen-bond acceptors (Lipinski definition) is 5. The Morgan fingerprint density at radius 3 is 2.23 bits per heavy atom. The van der Waals surface area contributed by atoms with Gasteiger partial charge in [0.25, 0.3) is 0 Å². The fourth-order valence-electron chi connectivity index (χ4n) is 4.51. The van der Waals surface area contributed by atoms with Crippen LogP contribution >= 0.6 is 22.7 Å². The zero-order valence-corrected chi connectivity index (χ0v) is 20.5. The first-order valence-corrected chi connectivity index (χ1v) is 12.9. The number of amides is 2. The fourth-order valence-corrected chi connectivity index (χ4v) is 7.07. The highest BCUT2D eigenvalue weighted by atomic mass is 32.1. The normalized spacial score (nSPS) is 15.7. The molecule has 2 aromatic rings. The SMILES string of the molecule is Cc1sc2c(c1CNC(=O)Nc1sc3c(c1C(=O)OC(C)(C)C)CCCC3)CCCC2. The van der Waals surface area contributed by atoms with E-state index in [0.29, 0.717) is 17.1 Å². The molecule has 2 heterocycles. The third kappa shape index (κ3) is 4.98. The molecule has 31 heavy (non-hydrogen) atoms. The minimum Gasteiger partial charge on any atom is -0.456 e. The number of esters is 1. The highest BCUT2D eigenvalue weighted by molar-refractivity contribution is 7.17. The van der Waals surface area contributed by atoms with E-state index in [1.165, 1.54) is 49.9 Å². The predicted molar refractivity (Wildman–Crippen MR) is 128 cm³/mol. The van der Waals surface area contributed by atoms with Crippen LogP contribution in [0.3, 0.4) is 0 Å². The first-order chi connectivity index (χ1) is 14.7. The van der Waals surface area contributed by atoms with Gasteiger partial charge in [-0.25, -0.2) is 9.59 Å². The van der Waals surface area contributed by atoms with Gasteiger partial charge in [0.1, 0.15) is 10.6 Å². The van der Waals surface area contributed by atoms with Crippen LogP contribution in [0.25, 0.3) is 0 Å². The first-order valence-electron chi connectivity index (χ1n) is 11.3. The van der Waals surface area contributed by atoms with E-state index >= 15 is 0 Å². The van der Waals surface area contributed by atoms with Crippen LogP contribution in [0.15, 0.2) is 0 Å². The summed E-state index contributed by atoms with van der Waals surface area (Å²) < 4.78 is 5.66. The lowest BCUT2D eigenvalue weighted by atomic mass is 9.95. The summed E-state index contributed by atoms with van der Waals surface area (Å²) in [6, 6.07) is -0.265. The van der Waals surface area contributed by atoms with Gasteiger partial charge in [0, 0.05) is 21.2 Å². The van der Waals surface area contributed by atoms with Crippen molar-refractivity contribution in [3.8, 4) is 0 Å². The molecule has 0 radical (unpaired) electrons. The number of fused-ring (bicyclic) bond motifs is 2. The maximum Gasteiger partial charge on any atom is 0.341 e. The molecule has 168 valence electrons. The molecule has 5 nitrogen and oxygen atoms in total. The number of ether oxygens (including phenoxy) is 1. The van der Waals surface area contributed by atoms with Crippen molar-refractivity contribution >= 4 is 39.7 Å². The van der Waals surface area contributed by atoms with Gasteiger partial charge < -0.3 is 10.1 Å². The van der Waals surface area contributed by atoms with Crippen LogP contribution in [-0.2, 0) is 37.0 Å². The van der Waals surface area contributed by atoms with E-state index in [1.54, 1.807) is 0 Å². The summed E-state index contributed by atoms with van der Waals surface area (Å²) in [5, 5.41) is 6.61. The smallest absolute Gasteiger partial charge is 0.341 e. The van der Waals surface area contributed by atoms with Gasteiger partial charge in [-0.2, -0.15) is 0 Å². The van der Waals surface area contributed by atoms with Crippen molar-refractivity contribution in [3.05, 3.63) is 36.9 Å². The Morgan fingerprint density at radius 2 is 1.55 bits per heavy atom. The molecular formula is C24H32N2O3S2. The minimum atomic E-state index is -0.574. The molecule has 0 aromatic carbocycles. The van der Waals surface area contributed by atoms with Crippen molar-refractivity contribution in [2.75, 3.05) is 5.32 Å². The van der Waals surface area contributed by atoms with E-state index in [9.17, 15) is 9.59 Å². The average Bonchev–Trinajstić information content (AvgIpc) is 3.21. The Labute approximate surface area is 192 Å². The summed E-state index contributed by atoms with van der Waals surface area (Å²) in [6.07, 6.45) is 8.76. The minimum absolute atomic E-state index is 0.265. The Hall–Kier alpha value is -1.86. The number of rotatable bonds is 4. The molecule has 0 atom stereocenters. The predicted octanol–water partition coefficient (Wildman–Crippen LogP) is 6.15. The molecule has 2 aliphatic carbocycles. The second-order valence-corrected chi connectivity index (χ2v) is 11.9. The van der Waals surface area contributed by atoms with E-state index in [0.717, 1.165) is 44.1 Å². The van der Waals surface area contributed by atoms with Gasteiger partial charge in [-0.05, 0) is 95.8 Å². The molecule has 0 bridgehead atoms. The summed E-state index contributed by atoms with van der Waals surface area (Å²) in [6.45, 7) is 8.27. The van der Waals surface area contributed by atoms with Gasteiger partial charge in [0.2, 0.25) is 0 Å². The highest BCUT2D eigenvalue weighted by Gasteiger charge is 2.30. The number of anilines is 1. The zero-order chi connectivity index (χ0) is 22.2. The van der Waals surface area contributed by atoms with E-state index < -0.39 is 5.60 Å². The molecule has 2 aliphatic rings. The van der Waals surface area contributed by atoms with Crippen molar-refractivity contribution < 1.29 is 14.3 Å². The van der Waals surface area contributed by atoms with Gasteiger partial charge in [-0.3, -0.25) is 5.32 Å². The number of thiophene rings is 2. The third-order valence-corrected chi connectivity index (χ3v) is 8.37. The van der Waals surface area contributed by atoms with Gasteiger partial charge in [-0.1, -0.05) is 0 Å². The van der Waals surface area contributed by atoms with E-state index in [4.69, 9.17) is 4.74 Å². The number of carbonyl (C=O) groups excluding carboxylic acids is 2. The van der Waals surface area contributed by atoms with Crippen molar-refractivity contribution in [3.63, 3.8) is 0 Å². The Morgan fingerprint density at radius 1 is 0.935 bits per heavy atom. The zero-order valence-electron chi connectivity index (χ0n) is 18.9. The van der Waals surface area contributed by atoms with Crippen molar-refractivity contribution in [2.24, 2.45) is 0 Å². The molecule has 4 rings (SSSR count). The van der Waals surface area contributed by atoms with E-state index in [-0.39, 0.29) is 12.0 Å². The van der Waals surface area contributed by atoms with Crippen molar-refractivity contribution in [2.45, 2.75) is 91.2 Å². The van der Waals surface area contributed by atoms with Crippen molar-refractivity contribution in [1.29, 1.82) is 0 Å². The molecule has 0 fully saturated rings. The molecule has 0 aliphatic heterocycles. The van der Waals surface area contributed by atoms with Crippen LogP contribution in [0, 0.1) is 6.92 Å². The number of urea groups is 1. The molecule has 0 saturated carbocycles. The molecule has 2 aromatic heterocycles. The molecule has 0 unspecified atom stereocenters. The molecular weight excluding hydrogens is 428 g/mol. The lowest BCUT2D eigenvalue weighted by Gasteiger charge is -2.21. The van der Waals surface area contributed by atoms with Crippen LogP contribution in [0.1, 0.15) is 88.1 Å². The van der Waals surface area contributed by atoms with Crippen LogP contribution in [0.2, 0.25) is 0 Å². The van der Waals surface area contributed by atoms with Gasteiger partial charge >= 0.3 is 12.0 Å². The summed E-state index contributed by atoms with van der Waals surface area (Å²) in [5.74, 6) is -0.343. The maximum absolute atomic E-state index is 13.0. The lowest BCUT2D eigenvalue weighted by Crippen LogP contribution is -2.30. The fraction of sp³-hybridized carbons (Fsp3) is 0.583. The van der Waals surface area contributed by atoms with Gasteiger partial charge in [-0.15, -0.1) is 22.7 Å². The van der Waals surface area contributed by atoms with E-state index in [1.807, 2.05) is 32.1 Å². The number of aryl methyl sites for hydroxylation is 3. The van der Waals surface area contributed by atoms with Crippen LogP contribution in [-0.4, -0.2) is 17.6 Å². The Kier molecular flexibility index (Phi) is 6.44. The molecule has 2 amide bonds. The topological polar surface area (TPSA) is 67.4 Å². The number of hydrogen-bond donors (Lipinski definition) is 2. The maximum atomic E-state index is 13.0. The Balaban J connectivity index is 1.50. The summed E-state index contributed by atoms with van der Waals surface area (Å²) in [4.78, 5) is 29.7. The number of nitrogens with one attached hydrogen (secondary N) is 2. The summed E-state index contributed by atoms with van der Waals surface area (Å²) >= 11 is 3.39. The number of carbonyl (C=O) groups is 2. The van der Waals surface area contributed by atoms with Crippen LogP contribution < -0.4 is 10.6 Å². The molecule has 0 saturated heterocycles. The second-order valence-electron chi connectivity index (χ2n) is 9.47. The summed E-state index contributed by atoms with van der Waals surface area (Å²) in [7, 11) is 0. The second kappa shape index (κ2) is 8.94. The monoisotopic (exact) mass is 460 g/mol. The Bertz CT molecular complexity index is 998. The average molecular weight is 461 g/mol. The van der Waals surface area contributed by atoms with Crippen LogP contribution in [0.4, 0.5) is 9.80 Å². The quantitative estimate of drug-likeness (QED) is 0.538.